The molecule has 0 aliphatic heterocycles. The lowest BCUT2D eigenvalue weighted by Gasteiger charge is -2.22. The van der Waals surface area contributed by atoms with Crippen LogP contribution in [0.4, 0.5) is 23.1 Å². The summed E-state index contributed by atoms with van der Waals surface area (Å²) in [4.78, 5) is 11.1. The smallest absolute Gasteiger partial charge is 0.229 e. The number of benzene rings is 1. The van der Waals surface area contributed by atoms with Crippen LogP contribution in [0, 0.1) is 6.92 Å². The van der Waals surface area contributed by atoms with Crippen molar-refractivity contribution in [2.24, 2.45) is 0 Å². The topological polar surface area (TPSA) is 53.1 Å². The van der Waals surface area contributed by atoms with Crippen LogP contribution in [0.5, 0.6) is 0 Å². The molecule has 0 bridgehead atoms. The van der Waals surface area contributed by atoms with Crippen molar-refractivity contribution in [3.8, 4) is 0 Å². The monoisotopic (exact) mass is 313 g/mol. The van der Waals surface area contributed by atoms with E-state index in [1.165, 1.54) is 11.3 Å². The summed E-state index contributed by atoms with van der Waals surface area (Å²) < 4.78 is 0. The Bertz CT molecular complexity index is 635. The van der Waals surface area contributed by atoms with Gasteiger partial charge in [-0.25, -0.2) is 4.98 Å². The van der Waals surface area contributed by atoms with Crippen LogP contribution in [0.15, 0.2) is 30.5 Å². The summed E-state index contributed by atoms with van der Waals surface area (Å²) in [5, 5.41) is 6.59. The van der Waals surface area contributed by atoms with Gasteiger partial charge in [-0.05, 0) is 64.4 Å². The molecule has 1 heterocycles. The second-order valence-corrected chi connectivity index (χ2v) is 5.86. The van der Waals surface area contributed by atoms with Crippen LogP contribution < -0.4 is 15.5 Å². The van der Waals surface area contributed by atoms with Crippen molar-refractivity contribution >= 4 is 23.1 Å². The van der Waals surface area contributed by atoms with Gasteiger partial charge in [-0.15, -0.1) is 0 Å². The molecule has 0 amide bonds. The maximum absolute atomic E-state index is 4.50. The molecule has 5 nitrogen and oxygen atoms in total. The molecule has 0 atom stereocenters. The van der Waals surface area contributed by atoms with Crippen LogP contribution >= 0.6 is 0 Å². The Hall–Kier alpha value is -2.30. The van der Waals surface area contributed by atoms with E-state index in [1.807, 2.05) is 6.07 Å². The lowest BCUT2D eigenvalue weighted by Crippen LogP contribution is -2.21. The molecule has 1 aromatic heterocycles. The normalized spacial score (nSPS) is 10.7. The molecule has 23 heavy (non-hydrogen) atoms. The first kappa shape index (κ1) is 17.1. The van der Waals surface area contributed by atoms with Gasteiger partial charge in [0.1, 0.15) is 5.82 Å². The Morgan fingerprint density at radius 2 is 1.87 bits per heavy atom. The van der Waals surface area contributed by atoms with Crippen LogP contribution in [-0.4, -0.2) is 29.1 Å². The fourth-order valence-electron chi connectivity index (χ4n) is 2.49. The summed E-state index contributed by atoms with van der Waals surface area (Å²) in [5.41, 5.74) is 3.46. The van der Waals surface area contributed by atoms with E-state index in [1.54, 1.807) is 6.20 Å². The number of rotatable bonds is 7. The van der Waals surface area contributed by atoms with Gasteiger partial charge in [-0.1, -0.05) is 0 Å². The Balaban J connectivity index is 2.17. The largest absolute Gasteiger partial charge is 0.372 e. The van der Waals surface area contributed by atoms with Gasteiger partial charge in [0.15, 0.2) is 0 Å². The first-order valence-corrected chi connectivity index (χ1v) is 8.25. The molecule has 0 spiro atoms. The van der Waals surface area contributed by atoms with Crippen molar-refractivity contribution in [2.45, 2.75) is 40.7 Å². The second kappa shape index (κ2) is 7.81. The first-order chi connectivity index (χ1) is 11.0. The van der Waals surface area contributed by atoms with Gasteiger partial charge in [0.25, 0.3) is 0 Å². The minimum atomic E-state index is 0.341. The molecular formula is C18H27N5. The molecule has 0 saturated heterocycles. The van der Waals surface area contributed by atoms with Crippen molar-refractivity contribution < 1.29 is 0 Å². The molecule has 0 unspecified atom stereocenters. The quantitative estimate of drug-likeness (QED) is 0.802. The first-order valence-electron chi connectivity index (χ1n) is 8.25. The molecule has 2 aromatic rings. The number of aromatic nitrogens is 2. The number of nitrogens with zero attached hydrogens (tertiary/aromatic N) is 3. The van der Waals surface area contributed by atoms with Gasteiger partial charge >= 0.3 is 0 Å². The van der Waals surface area contributed by atoms with Gasteiger partial charge in [0.05, 0.1) is 0 Å². The fraction of sp³-hybridized carbons (Fsp3) is 0.444. The average Bonchev–Trinajstić information content (AvgIpc) is 2.51. The van der Waals surface area contributed by atoms with E-state index < -0.39 is 0 Å². The SMILES string of the molecule is CCN(CC)c1ccc(Nc2nccc(NC(C)C)n2)c(C)c1. The molecule has 1 aromatic carbocycles. The molecule has 2 N–H and O–H groups in total. The Labute approximate surface area is 139 Å². The van der Waals surface area contributed by atoms with Crippen molar-refractivity contribution in [1.82, 2.24) is 9.97 Å². The van der Waals surface area contributed by atoms with Crippen LogP contribution in [0.3, 0.4) is 0 Å². The van der Waals surface area contributed by atoms with Gasteiger partial charge in [-0.2, -0.15) is 4.98 Å². The predicted octanol–water partition coefficient (Wildman–Crippen LogP) is 4.20. The van der Waals surface area contributed by atoms with Crippen molar-refractivity contribution in [3.05, 3.63) is 36.0 Å². The maximum Gasteiger partial charge on any atom is 0.229 e. The average molecular weight is 313 g/mol. The van der Waals surface area contributed by atoms with E-state index in [4.69, 9.17) is 0 Å². The molecule has 5 heteroatoms. The summed E-state index contributed by atoms with van der Waals surface area (Å²) in [7, 11) is 0. The fourth-order valence-corrected chi connectivity index (χ4v) is 2.49. The molecule has 2 rings (SSSR count). The highest BCUT2D eigenvalue weighted by molar-refractivity contribution is 5.64. The third kappa shape index (κ3) is 4.58. The molecule has 124 valence electrons. The van der Waals surface area contributed by atoms with Crippen molar-refractivity contribution in [2.75, 3.05) is 28.6 Å². The Kier molecular flexibility index (Phi) is 5.79. The van der Waals surface area contributed by atoms with Gasteiger partial charge in [-0.3, -0.25) is 0 Å². The summed E-state index contributed by atoms with van der Waals surface area (Å²) in [6.45, 7) is 12.6. The minimum Gasteiger partial charge on any atom is -0.372 e. The summed E-state index contributed by atoms with van der Waals surface area (Å²) in [5.74, 6) is 1.43. The lowest BCUT2D eigenvalue weighted by molar-refractivity contribution is 0.865. The van der Waals surface area contributed by atoms with Crippen LogP contribution in [0.25, 0.3) is 0 Å². The summed E-state index contributed by atoms with van der Waals surface area (Å²) in [6.07, 6.45) is 1.76. The van der Waals surface area contributed by atoms with Crippen LogP contribution in [0.1, 0.15) is 33.3 Å². The zero-order valence-corrected chi connectivity index (χ0v) is 14.7. The van der Waals surface area contributed by atoms with Crippen LogP contribution in [0.2, 0.25) is 0 Å². The molecule has 0 fully saturated rings. The standard InChI is InChI=1S/C18H27N5/c1-6-23(7-2)15-8-9-16(14(5)12-15)21-18-19-11-10-17(22-18)20-13(3)4/h8-13H,6-7H2,1-5H3,(H2,19,20,21,22). The molecule has 0 aliphatic rings. The summed E-state index contributed by atoms with van der Waals surface area (Å²) >= 11 is 0. The number of hydrogen-bond donors (Lipinski definition) is 2. The highest BCUT2D eigenvalue weighted by atomic mass is 15.1. The molecule has 0 saturated carbocycles. The second-order valence-electron chi connectivity index (χ2n) is 5.86. The van der Waals surface area contributed by atoms with Crippen molar-refractivity contribution in [1.29, 1.82) is 0 Å². The number of hydrogen-bond acceptors (Lipinski definition) is 5. The number of aryl methyl sites for hydroxylation is 1. The van der Waals surface area contributed by atoms with Crippen LogP contribution in [-0.2, 0) is 0 Å². The van der Waals surface area contributed by atoms with Gasteiger partial charge in [0.2, 0.25) is 5.95 Å². The lowest BCUT2D eigenvalue weighted by atomic mass is 10.1. The predicted molar refractivity (Wildman–Crippen MR) is 98.8 cm³/mol. The number of nitrogens with one attached hydrogen (secondary N) is 2. The molecule has 0 aliphatic carbocycles. The Morgan fingerprint density at radius 3 is 2.48 bits per heavy atom. The van der Waals surface area contributed by atoms with E-state index in [0.717, 1.165) is 24.6 Å². The molecule has 0 radical (unpaired) electrons. The third-order valence-electron chi connectivity index (χ3n) is 3.68. The zero-order chi connectivity index (χ0) is 16.8. The number of anilines is 4. The zero-order valence-electron chi connectivity index (χ0n) is 14.7. The minimum absolute atomic E-state index is 0.341. The van der Waals surface area contributed by atoms with E-state index in [-0.39, 0.29) is 0 Å². The van der Waals surface area contributed by atoms with E-state index in [9.17, 15) is 0 Å². The third-order valence-corrected chi connectivity index (χ3v) is 3.68. The highest BCUT2D eigenvalue weighted by Gasteiger charge is 2.07. The maximum atomic E-state index is 4.50. The Morgan fingerprint density at radius 1 is 1.13 bits per heavy atom. The highest BCUT2D eigenvalue weighted by Crippen LogP contribution is 2.24. The van der Waals surface area contributed by atoms with Crippen molar-refractivity contribution in [3.63, 3.8) is 0 Å². The van der Waals surface area contributed by atoms with E-state index in [2.05, 4.69) is 78.3 Å². The van der Waals surface area contributed by atoms with E-state index >= 15 is 0 Å². The van der Waals surface area contributed by atoms with Gasteiger partial charge < -0.3 is 15.5 Å². The van der Waals surface area contributed by atoms with E-state index in [0.29, 0.717) is 12.0 Å². The van der Waals surface area contributed by atoms with Gasteiger partial charge in [0, 0.05) is 36.7 Å². The molecular weight excluding hydrogens is 286 g/mol. The summed E-state index contributed by atoms with van der Waals surface area (Å²) in [6, 6.07) is 8.65.